The number of fused-ring (bicyclic) bond motifs is 5. The number of rotatable bonds is 3. The summed E-state index contributed by atoms with van der Waals surface area (Å²) in [5.74, 6) is 1.75. The molecule has 0 heterocycles. The molecule has 3 nitrogen and oxygen atoms in total. The van der Waals surface area contributed by atoms with Gasteiger partial charge in [0.05, 0.1) is 12.2 Å². The zero-order chi connectivity index (χ0) is 22.7. The number of hydrogen-bond acceptors (Lipinski definition) is 3. The third-order valence-corrected chi connectivity index (χ3v) is 9.40. The summed E-state index contributed by atoms with van der Waals surface area (Å²) in [7, 11) is 0. The highest BCUT2D eigenvalue weighted by atomic mass is 19.3. The van der Waals surface area contributed by atoms with Gasteiger partial charge in [0.15, 0.2) is 0 Å². The molecule has 1 aromatic rings. The van der Waals surface area contributed by atoms with Crippen molar-refractivity contribution in [2.45, 2.75) is 77.6 Å². The zero-order valence-corrected chi connectivity index (χ0v) is 18.9. The van der Waals surface area contributed by atoms with Crippen molar-refractivity contribution < 1.29 is 23.7 Å². The van der Waals surface area contributed by atoms with Crippen molar-refractivity contribution in [2.24, 2.45) is 28.6 Å². The van der Waals surface area contributed by atoms with Crippen molar-refractivity contribution >= 4 is 6.08 Å². The summed E-state index contributed by atoms with van der Waals surface area (Å²) in [6.07, 6.45) is 10.6. The molecule has 4 aliphatic rings. The van der Waals surface area contributed by atoms with Crippen LogP contribution in [0.15, 0.2) is 41.5 Å². The molecule has 0 bridgehead atoms. The van der Waals surface area contributed by atoms with Crippen LogP contribution >= 0.6 is 0 Å². The molecule has 0 aliphatic heterocycles. The molecule has 3 saturated carbocycles. The Kier molecular flexibility index (Phi) is 5.49. The molecule has 0 amide bonds. The van der Waals surface area contributed by atoms with Gasteiger partial charge in [-0.05, 0) is 91.4 Å². The molecule has 5 heteroatoms. The van der Waals surface area contributed by atoms with Crippen LogP contribution in [0.4, 0.5) is 8.78 Å². The standard InChI is InChI=1S/C27H34F2O3/c1-26-11-9-19(30)15-18(26)5-8-21-22(26)10-12-27(2)23(21)14-17(24(27)31)13-16-3-6-20(7-4-16)32-25(28)29/h3-7,13,19,21-25,30-31H,8-12,14-15H2,1-2H3/b17-13-/t19-,21-,22+,23+,24+,26-,27+/m0/s1. The van der Waals surface area contributed by atoms with Crippen LogP contribution in [0.2, 0.25) is 0 Å². The Hall–Kier alpha value is -1.72. The van der Waals surface area contributed by atoms with Crippen LogP contribution in [-0.4, -0.2) is 29.0 Å². The van der Waals surface area contributed by atoms with Gasteiger partial charge in [0.1, 0.15) is 5.75 Å². The number of benzene rings is 1. The predicted molar refractivity (Wildman–Crippen MR) is 120 cm³/mol. The molecule has 7 atom stereocenters. The van der Waals surface area contributed by atoms with Gasteiger partial charge in [-0.15, -0.1) is 0 Å². The first-order valence-electron chi connectivity index (χ1n) is 12.0. The van der Waals surface area contributed by atoms with Crippen molar-refractivity contribution in [3.63, 3.8) is 0 Å². The maximum absolute atomic E-state index is 12.4. The van der Waals surface area contributed by atoms with Crippen molar-refractivity contribution in [1.29, 1.82) is 0 Å². The second-order valence-corrected chi connectivity index (χ2v) is 11.0. The van der Waals surface area contributed by atoms with Crippen LogP contribution < -0.4 is 4.74 Å². The van der Waals surface area contributed by atoms with E-state index in [4.69, 9.17) is 0 Å². The second kappa shape index (κ2) is 7.95. The number of ether oxygens (including phenoxy) is 1. The van der Waals surface area contributed by atoms with Crippen molar-refractivity contribution in [1.82, 2.24) is 0 Å². The molecular formula is C27H34F2O3. The average Bonchev–Trinajstić information content (AvgIpc) is 3.00. The van der Waals surface area contributed by atoms with Gasteiger partial charge in [-0.1, -0.05) is 43.7 Å². The van der Waals surface area contributed by atoms with E-state index < -0.39 is 12.7 Å². The van der Waals surface area contributed by atoms with Gasteiger partial charge in [0.25, 0.3) is 0 Å². The highest BCUT2D eigenvalue weighted by Crippen LogP contribution is 2.65. The predicted octanol–water partition coefficient (Wildman–Crippen LogP) is 5.97. The van der Waals surface area contributed by atoms with Gasteiger partial charge < -0.3 is 14.9 Å². The normalized spacial score (nSPS) is 42.3. The molecule has 0 aromatic heterocycles. The lowest BCUT2D eigenvalue weighted by atomic mass is 9.48. The number of halogens is 2. The molecule has 174 valence electrons. The third kappa shape index (κ3) is 3.52. The first-order valence-corrected chi connectivity index (χ1v) is 12.0. The van der Waals surface area contributed by atoms with Gasteiger partial charge >= 0.3 is 6.61 Å². The van der Waals surface area contributed by atoms with Gasteiger partial charge in [-0.3, -0.25) is 0 Å². The number of hydrogen-bond donors (Lipinski definition) is 2. The summed E-state index contributed by atoms with van der Waals surface area (Å²) >= 11 is 0. The Morgan fingerprint density at radius 3 is 2.50 bits per heavy atom. The zero-order valence-electron chi connectivity index (χ0n) is 18.9. The summed E-state index contributed by atoms with van der Waals surface area (Å²) in [6.45, 7) is 1.84. The van der Waals surface area contributed by atoms with Crippen LogP contribution in [-0.2, 0) is 0 Å². The summed E-state index contributed by atoms with van der Waals surface area (Å²) in [4.78, 5) is 0. The Balaban J connectivity index is 1.40. The number of aliphatic hydroxyl groups is 2. The van der Waals surface area contributed by atoms with Crippen LogP contribution in [0.3, 0.4) is 0 Å². The highest BCUT2D eigenvalue weighted by molar-refractivity contribution is 5.56. The first-order chi connectivity index (χ1) is 15.2. The van der Waals surface area contributed by atoms with Crippen molar-refractivity contribution in [2.75, 3.05) is 0 Å². The Morgan fingerprint density at radius 1 is 1.03 bits per heavy atom. The van der Waals surface area contributed by atoms with E-state index in [-0.39, 0.29) is 22.7 Å². The fraction of sp³-hybridized carbons (Fsp3) is 0.630. The fourth-order valence-electron chi connectivity index (χ4n) is 7.60. The van der Waals surface area contributed by atoms with E-state index in [1.54, 1.807) is 24.3 Å². The molecule has 0 radical (unpaired) electrons. The first kappa shape index (κ1) is 22.1. The molecule has 5 rings (SSSR count). The molecule has 0 unspecified atom stereocenters. The lowest BCUT2D eigenvalue weighted by Crippen LogP contribution is -2.51. The topological polar surface area (TPSA) is 49.7 Å². The van der Waals surface area contributed by atoms with E-state index >= 15 is 0 Å². The highest BCUT2D eigenvalue weighted by Gasteiger charge is 2.59. The van der Waals surface area contributed by atoms with E-state index in [1.165, 1.54) is 5.57 Å². The Bertz CT molecular complexity index is 923. The van der Waals surface area contributed by atoms with E-state index in [9.17, 15) is 19.0 Å². The van der Waals surface area contributed by atoms with Crippen LogP contribution in [0.25, 0.3) is 6.08 Å². The smallest absolute Gasteiger partial charge is 0.387 e. The van der Waals surface area contributed by atoms with E-state index in [2.05, 4.69) is 24.7 Å². The lowest BCUT2D eigenvalue weighted by molar-refractivity contribution is -0.0685. The molecule has 0 spiro atoms. The van der Waals surface area contributed by atoms with E-state index in [0.29, 0.717) is 17.8 Å². The monoisotopic (exact) mass is 444 g/mol. The molecule has 3 fully saturated rings. The third-order valence-electron chi connectivity index (χ3n) is 9.40. The average molecular weight is 445 g/mol. The molecule has 4 aliphatic carbocycles. The van der Waals surface area contributed by atoms with Gasteiger partial charge in [-0.25, -0.2) is 0 Å². The van der Waals surface area contributed by atoms with Gasteiger partial charge in [0, 0.05) is 5.41 Å². The Labute approximate surface area is 189 Å². The number of alkyl halides is 2. The summed E-state index contributed by atoms with van der Waals surface area (Å²) in [5.41, 5.74) is 3.47. The minimum Gasteiger partial charge on any atom is -0.435 e. The number of aliphatic hydroxyl groups excluding tert-OH is 2. The maximum Gasteiger partial charge on any atom is 0.387 e. The van der Waals surface area contributed by atoms with Gasteiger partial charge in [0.2, 0.25) is 0 Å². The molecular weight excluding hydrogens is 410 g/mol. The van der Waals surface area contributed by atoms with Crippen LogP contribution in [0, 0.1) is 28.6 Å². The quantitative estimate of drug-likeness (QED) is 0.565. The van der Waals surface area contributed by atoms with Crippen LogP contribution in [0.5, 0.6) is 5.75 Å². The van der Waals surface area contributed by atoms with Crippen LogP contribution in [0.1, 0.15) is 64.4 Å². The summed E-state index contributed by atoms with van der Waals surface area (Å²) in [5, 5.41) is 21.6. The lowest BCUT2D eigenvalue weighted by Gasteiger charge is -2.57. The molecule has 0 saturated heterocycles. The second-order valence-electron chi connectivity index (χ2n) is 11.0. The van der Waals surface area contributed by atoms with Crippen molar-refractivity contribution in [3.05, 3.63) is 47.1 Å². The summed E-state index contributed by atoms with van der Waals surface area (Å²) in [6, 6.07) is 6.65. The van der Waals surface area contributed by atoms with E-state index in [1.807, 2.05) is 6.08 Å². The molecule has 1 aromatic carbocycles. The Morgan fingerprint density at radius 2 is 1.78 bits per heavy atom. The minimum absolute atomic E-state index is 0.123. The largest absolute Gasteiger partial charge is 0.435 e. The van der Waals surface area contributed by atoms with Gasteiger partial charge in [-0.2, -0.15) is 8.78 Å². The number of allylic oxidation sites excluding steroid dienone is 1. The van der Waals surface area contributed by atoms with E-state index in [0.717, 1.165) is 56.1 Å². The SMILES string of the molecule is C[C@@]12CC[C@@H]3[C@H](CC=C4C[C@@H](O)CC[C@@]43C)[C@H]1C/C(=C/c1ccc(OC(F)F)cc1)[C@H]2O. The van der Waals surface area contributed by atoms with Crippen molar-refractivity contribution in [3.8, 4) is 5.75 Å². The fourth-order valence-corrected chi connectivity index (χ4v) is 7.60. The minimum atomic E-state index is -2.83. The molecule has 32 heavy (non-hydrogen) atoms. The summed E-state index contributed by atoms with van der Waals surface area (Å²) < 4.78 is 29.3. The molecule has 2 N–H and O–H groups in total. The maximum atomic E-state index is 12.4.